The molecule has 4 nitrogen and oxygen atoms in total. The second-order valence-corrected chi connectivity index (χ2v) is 7.39. The lowest BCUT2D eigenvalue weighted by molar-refractivity contribution is -0.112. The van der Waals surface area contributed by atoms with Crippen LogP contribution in [-0.2, 0) is 17.1 Å². The van der Waals surface area contributed by atoms with Gasteiger partial charge in [0.1, 0.15) is 17.1 Å². The minimum absolute atomic E-state index is 0.299. The van der Waals surface area contributed by atoms with Crippen LogP contribution in [0.25, 0.3) is 11.1 Å². The van der Waals surface area contributed by atoms with Crippen LogP contribution in [0.15, 0.2) is 76.4 Å². The lowest BCUT2D eigenvalue weighted by Gasteiger charge is -2.28. The zero-order chi connectivity index (χ0) is 18.9. The van der Waals surface area contributed by atoms with Crippen molar-refractivity contribution >= 4 is 22.9 Å². The Morgan fingerprint density at radius 1 is 1.04 bits per heavy atom. The van der Waals surface area contributed by atoms with Crippen LogP contribution in [0, 0.1) is 5.82 Å². The molecular weight excluding hydrogens is 377 g/mol. The largest absolute Gasteiger partial charge is 0.460 e. The molecule has 28 heavy (non-hydrogen) atoms. The number of para-hydroxylation sites is 2. The van der Waals surface area contributed by atoms with Gasteiger partial charge in [-0.05, 0) is 24.3 Å². The molecule has 1 aliphatic heterocycles. The number of fused-ring (bicyclic) bond motifs is 2. The van der Waals surface area contributed by atoms with Gasteiger partial charge in [-0.3, -0.25) is 0 Å². The second-order valence-electron chi connectivity index (χ2n) is 6.46. The summed E-state index contributed by atoms with van der Waals surface area (Å²) in [5.74, 6) is 0.844. The highest BCUT2D eigenvalue weighted by atomic mass is 32.2. The van der Waals surface area contributed by atoms with E-state index < -0.39 is 6.29 Å². The first-order chi connectivity index (χ1) is 13.8. The zero-order valence-electron chi connectivity index (χ0n) is 14.8. The van der Waals surface area contributed by atoms with Gasteiger partial charge >= 0.3 is 0 Å². The molecule has 0 saturated heterocycles. The van der Waals surface area contributed by atoms with Crippen LogP contribution in [-0.4, -0.2) is 4.98 Å². The Labute approximate surface area is 165 Å². The third-order valence-electron chi connectivity index (χ3n) is 4.52. The molecule has 2 heterocycles. The molecule has 0 radical (unpaired) electrons. The Bertz CT molecular complexity index is 1100. The Balaban J connectivity index is 1.41. The van der Waals surface area contributed by atoms with Crippen molar-refractivity contribution in [2.75, 3.05) is 0 Å². The number of hydrogen-bond acceptors (Lipinski definition) is 5. The van der Waals surface area contributed by atoms with E-state index in [4.69, 9.17) is 13.9 Å². The van der Waals surface area contributed by atoms with Gasteiger partial charge in [-0.15, -0.1) is 0 Å². The second kappa shape index (κ2) is 7.30. The summed E-state index contributed by atoms with van der Waals surface area (Å²) >= 11 is 1.41. The molecule has 0 saturated carbocycles. The molecule has 1 atom stereocenters. The number of oxazole rings is 1. The van der Waals surface area contributed by atoms with E-state index in [1.54, 1.807) is 0 Å². The van der Waals surface area contributed by atoms with Gasteiger partial charge in [0.2, 0.25) is 6.29 Å². The fourth-order valence-corrected chi connectivity index (χ4v) is 4.02. The van der Waals surface area contributed by atoms with Gasteiger partial charge in [0.25, 0.3) is 5.22 Å². The van der Waals surface area contributed by atoms with E-state index in [1.165, 1.54) is 23.9 Å². The van der Waals surface area contributed by atoms with Crippen LogP contribution >= 0.6 is 11.8 Å². The normalized spacial score (nSPS) is 16.0. The maximum absolute atomic E-state index is 14.1. The Kier molecular flexibility index (Phi) is 4.50. The number of benzene rings is 3. The van der Waals surface area contributed by atoms with Crippen molar-refractivity contribution in [2.24, 2.45) is 0 Å². The molecule has 0 aliphatic carbocycles. The first kappa shape index (κ1) is 17.3. The predicted molar refractivity (Wildman–Crippen MR) is 105 cm³/mol. The predicted octanol–water partition coefficient (Wildman–Crippen LogP) is 5.87. The molecule has 0 fully saturated rings. The van der Waals surface area contributed by atoms with E-state index in [2.05, 4.69) is 4.98 Å². The Morgan fingerprint density at radius 3 is 2.71 bits per heavy atom. The Hall–Kier alpha value is -2.83. The van der Waals surface area contributed by atoms with Crippen molar-refractivity contribution < 1.29 is 18.3 Å². The summed E-state index contributed by atoms with van der Waals surface area (Å²) in [6.07, 6.45) is -0.507. The summed E-state index contributed by atoms with van der Waals surface area (Å²) in [6.45, 7) is 0.299. The summed E-state index contributed by atoms with van der Waals surface area (Å²) in [5.41, 5.74) is 3.93. The topological polar surface area (TPSA) is 44.5 Å². The zero-order valence-corrected chi connectivity index (χ0v) is 15.6. The quantitative estimate of drug-likeness (QED) is 0.406. The van der Waals surface area contributed by atoms with Crippen LogP contribution in [0.2, 0.25) is 0 Å². The fourth-order valence-electron chi connectivity index (χ4n) is 3.21. The molecule has 4 aromatic rings. The first-order valence-corrected chi connectivity index (χ1v) is 9.88. The van der Waals surface area contributed by atoms with Crippen molar-refractivity contribution in [1.29, 1.82) is 0 Å². The number of hydrogen-bond donors (Lipinski definition) is 0. The average molecular weight is 393 g/mol. The van der Waals surface area contributed by atoms with Crippen LogP contribution in [0.5, 0.6) is 5.75 Å². The minimum Gasteiger partial charge on any atom is -0.460 e. The highest BCUT2D eigenvalue weighted by Crippen LogP contribution is 2.39. The summed E-state index contributed by atoms with van der Waals surface area (Å²) in [5, 5.41) is 0.547. The van der Waals surface area contributed by atoms with Gasteiger partial charge in [-0.25, -0.2) is 9.37 Å². The molecule has 140 valence electrons. The number of nitrogens with zero attached hydrogens (tertiary/aromatic N) is 1. The lowest BCUT2D eigenvalue weighted by atomic mass is 10.1. The minimum atomic E-state index is -0.507. The third kappa shape index (κ3) is 3.37. The van der Waals surface area contributed by atoms with Crippen LogP contribution in [0.3, 0.4) is 0 Å². The van der Waals surface area contributed by atoms with E-state index in [1.807, 2.05) is 54.6 Å². The van der Waals surface area contributed by atoms with Crippen molar-refractivity contribution in [2.45, 2.75) is 23.9 Å². The maximum Gasteiger partial charge on any atom is 0.257 e. The Morgan fingerprint density at radius 2 is 1.86 bits per heavy atom. The van der Waals surface area contributed by atoms with Gasteiger partial charge in [0.05, 0.1) is 6.61 Å². The first-order valence-electron chi connectivity index (χ1n) is 8.89. The molecule has 0 unspecified atom stereocenters. The van der Waals surface area contributed by atoms with Crippen molar-refractivity contribution in [3.63, 3.8) is 0 Å². The van der Waals surface area contributed by atoms with Crippen LogP contribution in [0.4, 0.5) is 4.39 Å². The third-order valence-corrected chi connectivity index (χ3v) is 5.40. The molecule has 5 rings (SSSR count). The molecule has 0 N–H and O–H groups in total. The number of rotatable bonds is 4. The van der Waals surface area contributed by atoms with Gasteiger partial charge in [-0.1, -0.05) is 54.2 Å². The van der Waals surface area contributed by atoms with Crippen molar-refractivity contribution in [1.82, 2.24) is 4.98 Å². The maximum atomic E-state index is 14.1. The fraction of sp³-hybridized carbons (Fsp3) is 0.136. The van der Waals surface area contributed by atoms with E-state index in [0.717, 1.165) is 22.2 Å². The summed E-state index contributed by atoms with van der Waals surface area (Å²) in [6, 6.07) is 20.3. The van der Waals surface area contributed by atoms with Crippen LogP contribution < -0.4 is 4.74 Å². The molecule has 0 spiro atoms. The van der Waals surface area contributed by atoms with E-state index >= 15 is 0 Å². The standard InChI is InChI=1S/C22H16FNO3S/c23-17-10-15-12-25-21(14-6-2-1-3-7-14)27-20(15)16(11-17)13-28-22-24-18-8-4-5-9-19(18)26-22/h1-11,21H,12-13H2/t21-/m1/s1. The van der Waals surface area contributed by atoms with Gasteiger partial charge in [0.15, 0.2) is 5.58 Å². The molecule has 6 heteroatoms. The number of thioether (sulfide) groups is 1. The molecule has 1 aliphatic rings. The van der Waals surface area contributed by atoms with E-state index in [-0.39, 0.29) is 5.82 Å². The highest BCUT2D eigenvalue weighted by Gasteiger charge is 2.25. The van der Waals surface area contributed by atoms with Gasteiger partial charge in [0, 0.05) is 22.4 Å². The molecular formula is C22H16FNO3S. The lowest BCUT2D eigenvalue weighted by Crippen LogP contribution is -2.19. The van der Waals surface area contributed by atoms with Crippen LogP contribution in [0.1, 0.15) is 23.0 Å². The van der Waals surface area contributed by atoms with E-state index in [9.17, 15) is 4.39 Å². The molecule has 3 aromatic carbocycles. The molecule has 1 aromatic heterocycles. The smallest absolute Gasteiger partial charge is 0.257 e. The van der Waals surface area contributed by atoms with Gasteiger partial charge in [-0.2, -0.15) is 0 Å². The monoisotopic (exact) mass is 393 g/mol. The molecule has 0 amide bonds. The van der Waals surface area contributed by atoms with Crippen molar-refractivity contribution in [3.05, 3.63) is 89.2 Å². The summed E-state index contributed by atoms with van der Waals surface area (Å²) < 4.78 is 31.7. The number of halogens is 1. The van der Waals surface area contributed by atoms with E-state index in [0.29, 0.717) is 28.9 Å². The molecule has 0 bridgehead atoms. The SMILES string of the molecule is Fc1cc2c(c(CSc3nc4ccccc4o3)c1)O[C@H](c1ccccc1)OC2. The van der Waals surface area contributed by atoms with Gasteiger partial charge < -0.3 is 13.9 Å². The highest BCUT2D eigenvalue weighted by molar-refractivity contribution is 7.98. The van der Waals surface area contributed by atoms with Crippen molar-refractivity contribution in [3.8, 4) is 5.75 Å². The summed E-state index contributed by atoms with van der Waals surface area (Å²) in [4.78, 5) is 4.46. The number of aromatic nitrogens is 1. The average Bonchev–Trinajstić information content (AvgIpc) is 3.15. The number of ether oxygens (including phenoxy) is 2. The summed E-state index contributed by atoms with van der Waals surface area (Å²) in [7, 11) is 0.